The third-order valence-electron chi connectivity index (χ3n) is 5.06. The fourth-order valence-corrected chi connectivity index (χ4v) is 3.06. The van der Waals surface area contributed by atoms with Gasteiger partial charge in [-0.2, -0.15) is 0 Å². The highest BCUT2D eigenvalue weighted by atomic mass is 16.5. The number of amides is 1. The molecule has 0 atom stereocenters. The van der Waals surface area contributed by atoms with Crippen molar-refractivity contribution in [2.75, 3.05) is 13.7 Å². The fourth-order valence-electron chi connectivity index (χ4n) is 3.06. The molecule has 1 heterocycles. The van der Waals surface area contributed by atoms with Crippen LogP contribution >= 0.6 is 0 Å². The number of esters is 1. The Morgan fingerprint density at radius 1 is 1.00 bits per heavy atom. The smallest absolute Gasteiger partial charge is 0.310 e. The molecule has 0 aliphatic carbocycles. The molecule has 146 valence electrons. The number of fused-ring (bicyclic) bond motifs is 1. The van der Waals surface area contributed by atoms with Crippen LogP contribution in [0.2, 0.25) is 0 Å². The Bertz CT molecular complexity index is 1020. The normalized spacial score (nSPS) is 10.9. The maximum absolute atomic E-state index is 12.3. The van der Waals surface area contributed by atoms with E-state index in [0.29, 0.717) is 6.54 Å². The molecule has 0 saturated heterocycles. The molecule has 0 radical (unpaired) electrons. The van der Waals surface area contributed by atoms with E-state index >= 15 is 0 Å². The van der Waals surface area contributed by atoms with Gasteiger partial charge in [-0.05, 0) is 55.2 Å². The van der Waals surface area contributed by atoms with Gasteiger partial charge in [0.25, 0.3) is 5.91 Å². The van der Waals surface area contributed by atoms with Gasteiger partial charge in [0.05, 0.1) is 12.7 Å². The summed E-state index contributed by atoms with van der Waals surface area (Å²) < 4.78 is 10.7. The maximum Gasteiger partial charge on any atom is 0.310 e. The molecule has 3 rings (SSSR count). The number of nitrogens with zero attached hydrogens (tertiary/aromatic N) is 1. The number of aryl methyl sites for hydroxylation is 3. The molecule has 3 aromatic rings. The summed E-state index contributed by atoms with van der Waals surface area (Å²) in [5, 5.41) is 0.906. The summed E-state index contributed by atoms with van der Waals surface area (Å²) in [6.45, 7) is 6.26. The topological polar surface area (TPSA) is 59.8 Å². The van der Waals surface area contributed by atoms with Gasteiger partial charge in [0.15, 0.2) is 6.61 Å². The Hall–Kier alpha value is -3.08. The summed E-state index contributed by atoms with van der Waals surface area (Å²) >= 11 is 0. The van der Waals surface area contributed by atoms with Crippen LogP contribution in [0.1, 0.15) is 27.8 Å². The second-order valence-corrected chi connectivity index (χ2v) is 7.21. The van der Waals surface area contributed by atoms with E-state index < -0.39 is 5.97 Å². The Labute approximate surface area is 164 Å². The lowest BCUT2D eigenvalue weighted by atomic mass is 10.0. The first kappa shape index (κ1) is 19.7. The van der Waals surface area contributed by atoms with E-state index in [1.165, 1.54) is 0 Å². The number of benzene rings is 2. The SMILES string of the molecule is Cc1cc2occ(CC(=O)OCC(=O)N(C)Cc3ccccc3C)c2cc1C. The minimum atomic E-state index is -0.446. The van der Waals surface area contributed by atoms with E-state index in [-0.39, 0.29) is 18.9 Å². The monoisotopic (exact) mass is 379 g/mol. The van der Waals surface area contributed by atoms with Crippen molar-refractivity contribution in [3.8, 4) is 0 Å². The van der Waals surface area contributed by atoms with Crippen LogP contribution in [0.25, 0.3) is 11.0 Å². The zero-order chi connectivity index (χ0) is 20.3. The number of carbonyl (C=O) groups excluding carboxylic acids is 2. The zero-order valence-electron chi connectivity index (χ0n) is 16.7. The molecular weight excluding hydrogens is 354 g/mol. The van der Waals surface area contributed by atoms with Gasteiger partial charge in [0.2, 0.25) is 0 Å². The fraction of sp³-hybridized carbons (Fsp3) is 0.304. The van der Waals surface area contributed by atoms with E-state index in [1.807, 2.05) is 57.2 Å². The summed E-state index contributed by atoms with van der Waals surface area (Å²) in [6.07, 6.45) is 1.65. The molecule has 0 spiro atoms. The molecule has 0 N–H and O–H groups in total. The lowest BCUT2D eigenvalue weighted by Crippen LogP contribution is -2.31. The third kappa shape index (κ3) is 4.42. The van der Waals surface area contributed by atoms with E-state index in [1.54, 1.807) is 18.2 Å². The minimum Gasteiger partial charge on any atom is -0.464 e. The van der Waals surface area contributed by atoms with Crippen LogP contribution in [0.15, 0.2) is 47.1 Å². The van der Waals surface area contributed by atoms with E-state index in [9.17, 15) is 9.59 Å². The molecular formula is C23H25NO4. The van der Waals surface area contributed by atoms with Gasteiger partial charge < -0.3 is 14.1 Å². The van der Waals surface area contributed by atoms with Gasteiger partial charge in [-0.15, -0.1) is 0 Å². The molecule has 0 aliphatic heterocycles. The molecule has 1 aromatic heterocycles. The molecule has 1 amide bonds. The third-order valence-corrected chi connectivity index (χ3v) is 5.06. The average molecular weight is 379 g/mol. The van der Waals surface area contributed by atoms with Crippen LogP contribution in [-0.4, -0.2) is 30.4 Å². The van der Waals surface area contributed by atoms with Gasteiger partial charge in [0, 0.05) is 24.5 Å². The van der Waals surface area contributed by atoms with Crippen molar-refractivity contribution in [2.24, 2.45) is 0 Å². The number of rotatable bonds is 6. The summed E-state index contributed by atoms with van der Waals surface area (Å²) in [6, 6.07) is 11.9. The van der Waals surface area contributed by atoms with Crippen LogP contribution < -0.4 is 0 Å². The molecule has 0 unspecified atom stereocenters. The van der Waals surface area contributed by atoms with Gasteiger partial charge in [0.1, 0.15) is 5.58 Å². The van der Waals surface area contributed by atoms with Crippen molar-refractivity contribution in [2.45, 2.75) is 33.7 Å². The Balaban J connectivity index is 1.56. The first-order chi connectivity index (χ1) is 13.3. The standard InChI is InChI=1S/C23H25NO4/c1-15-7-5-6-8-18(15)12-24(4)22(25)14-28-23(26)11-19-13-27-21-10-17(3)16(2)9-20(19)21/h5-10,13H,11-12,14H2,1-4H3. The summed E-state index contributed by atoms with van der Waals surface area (Å²) in [7, 11) is 1.71. The van der Waals surface area contributed by atoms with Gasteiger partial charge in [-0.25, -0.2) is 0 Å². The van der Waals surface area contributed by atoms with Crippen molar-refractivity contribution in [3.63, 3.8) is 0 Å². The van der Waals surface area contributed by atoms with E-state index in [2.05, 4.69) is 0 Å². The van der Waals surface area contributed by atoms with E-state index in [4.69, 9.17) is 9.15 Å². The van der Waals surface area contributed by atoms with E-state index in [0.717, 1.165) is 38.8 Å². The lowest BCUT2D eigenvalue weighted by molar-refractivity contribution is -0.151. The molecule has 0 fully saturated rings. The van der Waals surface area contributed by atoms with Crippen molar-refractivity contribution >= 4 is 22.8 Å². The van der Waals surface area contributed by atoms with Crippen LogP contribution in [-0.2, 0) is 27.3 Å². The molecule has 0 saturated carbocycles. The highest BCUT2D eigenvalue weighted by Crippen LogP contribution is 2.25. The number of likely N-dealkylation sites (N-methyl/N-ethyl adjacent to an activating group) is 1. The van der Waals surface area contributed by atoms with Crippen LogP contribution in [0.3, 0.4) is 0 Å². The van der Waals surface area contributed by atoms with Crippen LogP contribution in [0.4, 0.5) is 0 Å². The molecule has 0 bridgehead atoms. The molecule has 0 aliphatic rings. The summed E-state index contributed by atoms with van der Waals surface area (Å²) in [4.78, 5) is 26.1. The zero-order valence-corrected chi connectivity index (χ0v) is 16.7. The second kappa shape index (κ2) is 8.30. The quantitative estimate of drug-likeness (QED) is 0.605. The largest absolute Gasteiger partial charge is 0.464 e. The Morgan fingerprint density at radius 3 is 2.46 bits per heavy atom. The number of furan rings is 1. The Morgan fingerprint density at radius 2 is 1.71 bits per heavy atom. The number of hydrogen-bond donors (Lipinski definition) is 0. The molecule has 5 nitrogen and oxygen atoms in total. The highest BCUT2D eigenvalue weighted by Gasteiger charge is 2.16. The molecule has 28 heavy (non-hydrogen) atoms. The summed E-state index contributed by atoms with van der Waals surface area (Å²) in [5.41, 5.74) is 5.98. The van der Waals surface area contributed by atoms with Gasteiger partial charge in [-0.3, -0.25) is 9.59 Å². The first-order valence-corrected chi connectivity index (χ1v) is 9.26. The van der Waals surface area contributed by atoms with Crippen LogP contribution in [0.5, 0.6) is 0 Å². The summed E-state index contributed by atoms with van der Waals surface area (Å²) in [5.74, 6) is -0.682. The Kier molecular flexibility index (Phi) is 5.83. The highest BCUT2D eigenvalue weighted by molar-refractivity contribution is 5.87. The predicted octanol–water partition coefficient (Wildman–Crippen LogP) is 4.10. The number of ether oxygens (including phenoxy) is 1. The molecule has 2 aromatic carbocycles. The predicted molar refractivity (Wildman–Crippen MR) is 108 cm³/mol. The van der Waals surface area contributed by atoms with Crippen molar-refractivity contribution < 1.29 is 18.7 Å². The van der Waals surface area contributed by atoms with Gasteiger partial charge in [-0.1, -0.05) is 24.3 Å². The van der Waals surface area contributed by atoms with Gasteiger partial charge >= 0.3 is 5.97 Å². The van der Waals surface area contributed by atoms with Crippen molar-refractivity contribution in [1.29, 1.82) is 0 Å². The van der Waals surface area contributed by atoms with Crippen LogP contribution in [0, 0.1) is 20.8 Å². The van der Waals surface area contributed by atoms with Crippen molar-refractivity contribution in [3.05, 3.63) is 70.5 Å². The first-order valence-electron chi connectivity index (χ1n) is 9.26. The average Bonchev–Trinajstić information content (AvgIpc) is 3.03. The number of hydrogen-bond acceptors (Lipinski definition) is 4. The maximum atomic E-state index is 12.3. The minimum absolute atomic E-state index is 0.0737. The number of carbonyl (C=O) groups is 2. The van der Waals surface area contributed by atoms with Crippen molar-refractivity contribution in [1.82, 2.24) is 4.90 Å². The molecule has 5 heteroatoms. The second-order valence-electron chi connectivity index (χ2n) is 7.21. The lowest BCUT2D eigenvalue weighted by Gasteiger charge is -2.18.